The molecule has 0 heterocycles. The first-order valence-corrected chi connectivity index (χ1v) is 4.29. The second kappa shape index (κ2) is 7.54. The van der Waals surface area contributed by atoms with E-state index in [1.165, 1.54) is 7.05 Å². The number of rotatable bonds is 6. The molecule has 0 rings (SSSR count). The third-order valence-corrected chi connectivity index (χ3v) is 1.54. The third-order valence-electron chi connectivity index (χ3n) is 1.54. The van der Waals surface area contributed by atoms with Gasteiger partial charge in [0.1, 0.15) is 0 Å². The average Bonchev–Trinajstić information content (AvgIpc) is 2.14. The fourth-order valence-electron chi connectivity index (χ4n) is 0.753. The second-order valence-electron chi connectivity index (χ2n) is 2.63. The summed E-state index contributed by atoms with van der Waals surface area (Å²) < 4.78 is 0. The number of carbonyl (C=O) groups excluding carboxylic acids is 2. The Balaban J connectivity index is 3.35. The Morgan fingerprint density at radius 3 is 2.46 bits per heavy atom. The monoisotopic (exact) mass is 188 g/mol. The van der Waals surface area contributed by atoms with Crippen LogP contribution < -0.4 is 10.6 Å². The Hall–Kier alpha value is -1.10. The summed E-state index contributed by atoms with van der Waals surface area (Å²) in [5.41, 5.74) is 0. The van der Waals surface area contributed by atoms with Gasteiger partial charge < -0.3 is 15.7 Å². The van der Waals surface area contributed by atoms with Crippen LogP contribution in [0.15, 0.2) is 0 Å². The van der Waals surface area contributed by atoms with E-state index in [4.69, 9.17) is 5.11 Å². The van der Waals surface area contributed by atoms with Gasteiger partial charge in [-0.1, -0.05) is 0 Å². The highest BCUT2D eigenvalue weighted by Crippen LogP contribution is 1.92. The SMILES string of the molecule is CNC(=O)CNC(=O)CCCCO. The molecular weight excluding hydrogens is 172 g/mol. The van der Waals surface area contributed by atoms with Crippen LogP contribution in [-0.4, -0.2) is 37.1 Å². The van der Waals surface area contributed by atoms with Crippen LogP contribution in [-0.2, 0) is 9.59 Å². The Morgan fingerprint density at radius 2 is 1.92 bits per heavy atom. The van der Waals surface area contributed by atoms with E-state index < -0.39 is 0 Å². The van der Waals surface area contributed by atoms with Crippen molar-refractivity contribution < 1.29 is 14.7 Å². The fourth-order valence-corrected chi connectivity index (χ4v) is 0.753. The maximum Gasteiger partial charge on any atom is 0.239 e. The molecule has 76 valence electrons. The maximum atomic E-state index is 11.0. The lowest BCUT2D eigenvalue weighted by atomic mass is 10.2. The normalized spacial score (nSPS) is 9.38. The van der Waals surface area contributed by atoms with Gasteiger partial charge in [0.15, 0.2) is 0 Å². The fraction of sp³-hybridized carbons (Fsp3) is 0.750. The zero-order valence-corrected chi connectivity index (χ0v) is 7.80. The van der Waals surface area contributed by atoms with Crippen molar-refractivity contribution in [2.75, 3.05) is 20.2 Å². The van der Waals surface area contributed by atoms with Gasteiger partial charge in [-0.2, -0.15) is 0 Å². The molecule has 0 aliphatic carbocycles. The van der Waals surface area contributed by atoms with E-state index in [9.17, 15) is 9.59 Å². The van der Waals surface area contributed by atoms with Gasteiger partial charge in [0, 0.05) is 20.1 Å². The van der Waals surface area contributed by atoms with E-state index in [0.29, 0.717) is 19.3 Å². The molecule has 0 aliphatic rings. The van der Waals surface area contributed by atoms with E-state index in [1.54, 1.807) is 0 Å². The van der Waals surface area contributed by atoms with Crippen molar-refractivity contribution in [3.05, 3.63) is 0 Å². The van der Waals surface area contributed by atoms with Gasteiger partial charge in [-0.3, -0.25) is 9.59 Å². The van der Waals surface area contributed by atoms with Gasteiger partial charge in [-0.15, -0.1) is 0 Å². The van der Waals surface area contributed by atoms with Crippen LogP contribution in [0.3, 0.4) is 0 Å². The molecule has 0 spiro atoms. The molecule has 13 heavy (non-hydrogen) atoms. The van der Waals surface area contributed by atoms with Crippen LogP contribution in [0.25, 0.3) is 0 Å². The summed E-state index contributed by atoms with van der Waals surface area (Å²) in [6.45, 7) is 0.122. The zero-order valence-electron chi connectivity index (χ0n) is 7.80. The summed E-state index contributed by atoms with van der Waals surface area (Å²) in [6, 6.07) is 0. The molecule has 2 amide bonds. The smallest absolute Gasteiger partial charge is 0.239 e. The minimum atomic E-state index is -0.212. The number of aliphatic hydroxyl groups is 1. The Morgan fingerprint density at radius 1 is 1.23 bits per heavy atom. The lowest BCUT2D eigenvalue weighted by Crippen LogP contribution is -2.35. The number of carbonyl (C=O) groups is 2. The predicted molar refractivity (Wildman–Crippen MR) is 48.0 cm³/mol. The van der Waals surface area contributed by atoms with Crippen LogP contribution in [0.5, 0.6) is 0 Å². The summed E-state index contributed by atoms with van der Waals surface area (Å²) in [5, 5.41) is 13.3. The van der Waals surface area contributed by atoms with E-state index in [-0.39, 0.29) is 25.0 Å². The van der Waals surface area contributed by atoms with Gasteiger partial charge in [-0.05, 0) is 12.8 Å². The number of amides is 2. The summed E-state index contributed by atoms with van der Waals surface area (Å²) in [4.78, 5) is 21.6. The van der Waals surface area contributed by atoms with E-state index in [2.05, 4.69) is 10.6 Å². The number of unbranched alkanes of at least 4 members (excludes halogenated alkanes) is 1. The van der Waals surface area contributed by atoms with Crippen LogP contribution in [0, 0.1) is 0 Å². The highest BCUT2D eigenvalue weighted by molar-refractivity contribution is 5.84. The predicted octanol–water partition coefficient (Wildman–Crippen LogP) is -0.989. The summed E-state index contributed by atoms with van der Waals surface area (Å²) in [7, 11) is 1.51. The minimum Gasteiger partial charge on any atom is -0.396 e. The molecule has 0 saturated heterocycles. The molecule has 3 N–H and O–H groups in total. The number of hydrogen-bond acceptors (Lipinski definition) is 3. The van der Waals surface area contributed by atoms with Gasteiger partial charge in [0.2, 0.25) is 11.8 Å². The first-order chi connectivity index (χ1) is 6.20. The van der Waals surface area contributed by atoms with Crippen molar-refractivity contribution in [3.63, 3.8) is 0 Å². The molecule has 0 fully saturated rings. The largest absolute Gasteiger partial charge is 0.396 e. The number of aliphatic hydroxyl groups excluding tert-OH is 1. The lowest BCUT2D eigenvalue weighted by Gasteiger charge is -2.02. The Kier molecular flexibility index (Phi) is 6.91. The third kappa shape index (κ3) is 7.27. The molecule has 0 aliphatic heterocycles. The molecule has 0 aromatic rings. The second-order valence-corrected chi connectivity index (χ2v) is 2.63. The van der Waals surface area contributed by atoms with Crippen LogP contribution in [0.1, 0.15) is 19.3 Å². The van der Waals surface area contributed by atoms with Crippen molar-refractivity contribution in [2.45, 2.75) is 19.3 Å². The van der Waals surface area contributed by atoms with Crippen molar-refractivity contribution in [2.24, 2.45) is 0 Å². The molecule has 5 heteroatoms. The van der Waals surface area contributed by atoms with E-state index in [0.717, 1.165) is 0 Å². The van der Waals surface area contributed by atoms with E-state index in [1.807, 2.05) is 0 Å². The van der Waals surface area contributed by atoms with Crippen LogP contribution in [0.4, 0.5) is 0 Å². The molecule has 0 aromatic heterocycles. The molecule has 0 atom stereocenters. The lowest BCUT2D eigenvalue weighted by molar-refractivity contribution is -0.125. The van der Waals surface area contributed by atoms with Crippen molar-refractivity contribution in [3.8, 4) is 0 Å². The number of hydrogen-bond donors (Lipinski definition) is 3. The first kappa shape index (κ1) is 11.9. The molecule has 0 bridgehead atoms. The van der Waals surface area contributed by atoms with Gasteiger partial charge >= 0.3 is 0 Å². The molecule has 0 saturated carbocycles. The summed E-state index contributed by atoms with van der Waals surface area (Å²) in [6.07, 6.45) is 1.63. The topological polar surface area (TPSA) is 78.4 Å². The van der Waals surface area contributed by atoms with Gasteiger partial charge in [0.25, 0.3) is 0 Å². The van der Waals surface area contributed by atoms with Gasteiger partial charge in [-0.25, -0.2) is 0 Å². The minimum absolute atomic E-state index is 0.0223. The molecular formula is C8H16N2O3. The number of likely N-dealkylation sites (N-methyl/N-ethyl adjacent to an activating group) is 1. The molecule has 0 unspecified atom stereocenters. The first-order valence-electron chi connectivity index (χ1n) is 4.29. The Bertz CT molecular complexity index is 171. The highest BCUT2D eigenvalue weighted by atomic mass is 16.3. The molecule has 0 aromatic carbocycles. The molecule has 5 nitrogen and oxygen atoms in total. The van der Waals surface area contributed by atoms with Crippen LogP contribution >= 0.6 is 0 Å². The van der Waals surface area contributed by atoms with Crippen molar-refractivity contribution in [1.82, 2.24) is 10.6 Å². The molecule has 0 radical (unpaired) electrons. The van der Waals surface area contributed by atoms with Crippen molar-refractivity contribution in [1.29, 1.82) is 0 Å². The average molecular weight is 188 g/mol. The zero-order chi connectivity index (χ0) is 10.1. The standard InChI is InChI=1S/C8H16N2O3/c1-9-8(13)6-10-7(12)4-2-3-5-11/h11H,2-6H2,1H3,(H,9,13)(H,10,12). The number of nitrogens with one attached hydrogen (secondary N) is 2. The maximum absolute atomic E-state index is 11.0. The quantitative estimate of drug-likeness (QED) is 0.468. The van der Waals surface area contributed by atoms with Crippen LogP contribution in [0.2, 0.25) is 0 Å². The summed E-state index contributed by atoms with van der Waals surface area (Å²) >= 11 is 0. The van der Waals surface area contributed by atoms with Gasteiger partial charge in [0.05, 0.1) is 6.54 Å². The van der Waals surface area contributed by atoms with Crippen molar-refractivity contribution >= 4 is 11.8 Å². The van der Waals surface area contributed by atoms with E-state index >= 15 is 0 Å². The highest BCUT2D eigenvalue weighted by Gasteiger charge is 2.02. The Labute approximate surface area is 77.5 Å². The summed E-state index contributed by atoms with van der Waals surface area (Å²) in [5.74, 6) is -0.368.